The van der Waals surface area contributed by atoms with Crippen molar-refractivity contribution >= 4 is 27.0 Å². The second kappa shape index (κ2) is 14.9. The van der Waals surface area contributed by atoms with Crippen LogP contribution in [0.5, 0.6) is 5.75 Å². The molecule has 2 aliphatic rings. The largest absolute Gasteiger partial charge is 0.493 e. The predicted molar refractivity (Wildman–Crippen MR) is 150 cm³/mol. The van der Waals surface area contributed by atoms with Crippen LogP contribution < -0.4 is 4.74 Å². The first-order chi connectivity index (χ1) is 19.6. The molecule has 3 aromatic rings. The number of pyridine rings is 1. The summed E-state index contributed by atoms with van der Waals surface area (Å²) >= 11 is 3.28. The Morgan fingerprint density at radius 2 is 1.76 bits per heavy atom. The Bertz CT molecular complexity index is 1290. The molecule has 2 aromatic heterocycles. The summed E-state index contributed by atoms with van der Waals surface area (Å²) < 4.78 is 87.2. The predicted octanol–water partition coefficient (Wildman–Crippen LogP) is 6.92. The molecule has 0 aliphatic carbocycles. The minimum atomic E-state index is -4.55. The molecule has 8 nitrogen and oxygen atoms in total. The van der Waals surface area contributed by atoms with Gasteiger partial charge >= 0.3 is 6.18 Å². The Labute approximate surface area is 250 Å². The van der Waals surface area contributed by atoms with Gasteiger partial charge in [-0.3, -0.25) is 0 Å². The van der Waals surface area contributed by atoms with Gasteiger partial charge in [-0.25, -0.2) is 14.4 Å². The monoisotopic (exact) mass is 669 g/mol. The molecule has 42 heavy (non-hydrogen) atoms. The van der Waals surface area contributed by atoms with Gasteiger partial charge in [-0.2, -0.15) is 17.6 Å². The summed E-state index contributed by atoms with van der Waals surface area (Å²) in [4.78, 5) is 11.0. The Morgan fingerprint density at radius 1 is 1.10 bits per heavy atom. The van der Waals surface area contributed by atoms with Gasteiger partial charge in [0.1, 0.15) is 16.2 Å². The number of hydrogen-bond donors (Lipinski definition) is 2. The van der Waals surface area contributed by atoms with E-state index in [9.17, 15) is 22.0 Å². The molecular weight excluding hydrogens is 633 g/mol. The quantitative estimate of drug-likeness (QED) is 0.231. The number of aromatic amines is 1. The first kappa shape index (κ1) is 35.8. The molecule has 0 radical (unpaired) electrons. The third kappa shape index (κ3) is 8.16. The number of rotatable bonds is 3. The number of aromatic nitrogens is 3. The summed E-state index contributed by atoms with van der Waals surface area (Å²) in [5.41, 5.74) is -0.269. The number of fused-ring (bicyclic) bond motifs is 1. The highest BCUT2D eigenvalue weighted by atomic mass is 79.9. The molecule has 2 fully saturated rings. The van der Waals surface area contributed by atoms with Crippen LogP contribution >= 0.6 is 15.9 Å². The first-order valence-electron chi connectivity index (χ1n) is 13.2. The van der Waals surface area contributed by atoms with E-state index in [0.717, 1.165) is 35.7 Å². The number of aliphatic hydroxyl groups excluding tert-OH is 1. The van der Waals surface area contributed by atoms with E-state index in [1.54, 1.807) is 12.5 Å². The number of H-pyrrole nitrogens is 1. The Balaban J connectivity index is 0.000000242. The van der Waals surface area contributed by atoms with Gasteiger partial charge in [-0.15, -0.1) is 0 Å². The molecular formula is C28H37BrF5N3O5. The molecule has 1 aromatic carbocycles. The maximum atomic E-state index is 13.7. The number of nitrogens with zero attached hydrogens (tertiary/aromatic N) is 2. The molecule has 4 atom stereocenters. The number of methoxy groups -OCH3 is 1. The van der Waals surface area contributed by atoms with Gasteiger partial charge in [0.05, 0.1) is 38.8 Å². The second-order valence-corrected chi connectivity index (χ2v) is 10.6. The normalized spacial score (nSPS) is 24.6. The highest BCUT2D eigenvalue weighted by Gasteiger charge is 2.61. The van der Waals surface area contributed by atoms with Crippen molar-refractivity contribution in [3.8, 4) is 5.75 Å². The SMILES string of the molecule is Brc1nccc2[nH]cnc12.CC.CC1(C)OCC(CO)O1.COc1c(C2CO[C@@](C)(C(F)(F)F)C2C)ccc(F)c1F. The lowest BCUT2D eigenvalue weighted by atomic mass is 9.79. The van der Waals surface area contributed by atoms with Gasteiger partial charge in [0.25, 0.3) is 0 Å². The van der Waals surface area contributed by atoms with Crippen molar-refractivity contribution in [2.45, 2.75) is 71.1 Å². The smallest absolute Gasteiger partial charge is 0.417 e. The molecule has 0 spiro atoms. The standard InChI is InChI=1S/C14H15F5O2.C6H4BrN3.C6H12O3.C2H6/c1-7-9(6-21-13(7,2)14(17,18)19)8-4-5-10(15)11(16)12(8)20-3;7-6-5-4(1-2-8-6)9-3-10-5;1-6(2)8-4-5(3-7)9-6;1-2/h4-5,7,9H,6H2,1-3H3;1-3H,(H,9,10);5,7H,3-4H2,1-2H3;1-2H3/t7?,9?,13-;;;/m1.../s1. The van der Waals surface area contributed by atoms with Gasteiger partial charge in [0.2, 0.25) is 5.82 Å². The zero-order valence-electron chi connectivity index (χ0n) is 24.5. The van der Waals surface area contributed by atoms with Gasteiger partial charge < -0.3 is 29.0 Å². The van der Waals surface area contributed by atoms with Gasteiger partial charge in [-0.1, -0.05) is 26.8 Å². The summed E-state index contributed by atoms with van der Waals surface area (Å²) in [7, 11) is 1.14. The van der Waals surface area contributed by atoms with E-state index in [4.69, 9.17) is 24.1 Å². The van der Waals surface area contributed by atoms with Crippen molar-refractivity contribution in [1.82, 2.24) is 15.0 Å². The molecule has 0 bridgehead atoms. The van der Waals surface area contributed by atoms with E-state index in [2.05, 4.69) is 30.9 Å². The molecule has 0 saturated carbocycles. The van der Waals surface area contributed by atoms with Crippen LogP contribution in [0.1, 0.15) is 53.0 Å². The summed E-state index contributed by atoms with van der Waals surface area (Å²) in [6, 6.07) is 4.00. The molecule has 3 unspecified atom stereocenters. The number of nitrogens with one attached hydrogen (secondary N) is 1. The van der Waals surface area contributed by atoms with Crippen molar-refractivity contribution in [2.75, 3.05) is 26.9 Å². The van der Waals surface area contributed by atoms with Crippen molar-refractivity contribution in [1.29, 1.82) is 0 Å². The summed E-state index contributed by atoms with van der Waals surface area (Å²) in [5, 5.41) is 8.59. The Morgan fingerprint density at radius 3 is 2.24 bits per heavy atom. The number of alkyl halides is 3. The molecule has 2 saturated heterocycles. The minimum absolute atomic E-state index is 0.0451. The zero-order chi connectivity index (χ0) is 31.9. The number of benzene rings is 1. The van der Waals surface area contributed by atoms with Crippen molar-refractivity contribution < 1.29 is 46.0 Å². The van der Waals surface area contributed by atoms with E-state index in [-0.39, 0.29) is 30.6 Å². The molecule has 2 aliphatic heterocycles. The third-order valence-electron chi connectivity index (χ3n) is 6.85. The third-order valence-corrected chi connectivity index (χ3v) is 7.43. The minimum Gasteiger partial charge on any atom is -0.493 e. The number of halogens is 6. The average Bonchev–Trinajstić information content (AvgIpc) is 3.65. The average molecular weight is 671 g/mol. The highest BCUT2D eigenvalue weighted by Crippen LogP contribution is 2.51. The van der Waals surface area contributed by atoms with Crippen LogP contribution in [0.4, 0.5) is 22.0 Å². The maximum absolute atomic E-state index is 13.7. The highest BCUT2D eigenvalue weighted by molar-refractivity contribution is 9.10. The summed E-state index contributed by atoms with van der Waals surface area (Å²) in [6.45, 7) is 10.3. The lowest BCUT2D eigenvalue weighted by Gasteiger charge is -2.32. The molecule has 236 valence electrons. The number of imidazole rings is 1. The van der Waals surface area contributed by atoms with E-state index >= 15 is 0 Å². The fraction of sp³-hybridized carbons (Fsp3) is 0.571. The van der Waals surface area contributed by atoms with Crippen LogP contribution in [-0.4, -0.2) is 70.7 Å². The molecule has 14 heteroatoms. The van der Waals surface area contributed by atoms with Crippen molar-refractivity contribution in [3.63, 3.8) is 0 Å². The van der Waals surface area contributed by atoms with E-state index < -0.39 is 41.0 Å². The summed E-state index contributed by atoms with van der Waals surface area (Å²) in [6.07, 6.45) is -1.30. The van der Waals surface area contributed by atoms with Gasteiger partial charge in [0, 0.05) is 23.6 Å². The maximum Gasteiger partial charge on any atom is 0.417 e. The van der Waals surface area contributed by atoms with Crippen LogP contribution in [0.25, 0.3) is 11.0 Å². The van der Waals surface area contributed by atoms with Crippen LogP contribution in [0, 0.1) is 17.6 Å². The van der Waals surface area contributed by atoms with E-state index in [0.29, 0.717) is 6.61 Å². The number of hydrogen-bond acceptors (Lipinski definition) is 7. The lowest BCUT2D eigenvalue weighted by molar-refractivity contribution is -0.266. The molecule has 5 rings (SSSR count). The fourth-order valence-electron chi connectivity index (χ4n) is 4.36. The first-order valence-corrected chi connectivity index (χ1v) is 14.0. The van der Waals surface area contributed by atoms with Crippen LogP contribution in [-0.2, 0) is 14.2 Å². The van der Waals surface area contributed by atoms with Crippen molar-refractivity contribution in [2.24, 2.45) is 5.92 Å². The Kier molecular flexibility index (Phi) is 12.7. The number of aliphatic hydroxyl groups is 1. The summed E-state index contributed by atoms with van der Waals surface area (Å²) in [5.74, 6) is -4.88. The topological polar surface area (TPSA) is 98.7 Å². The number of ether oxygens (including phenoxy) is 4. The molecule has 0 amide bonds. The van der Waals surface area contributed by atoms with Crippen molar-refractivity contribution in [3.05, 3.63) is 52.5 Å². The van der Waals surface area contributed by atoms with Gasteiger partial charge in [-0.05, 0) is 48.8 Å². The van der Waals surface area contributed by atoms with Crippen LogP contribution in [0.2, 0.25) is 0 Å². The van der Waals surface area contributed by atoms with E-state index in [1.165, 1.54) is 13.0 Å². The zero-order valence-corrected chi connectivity index (χ0v) is 26.1. The van der Waals surface area contributed by atoms with Crippen LogP contribution in [0.15, 0.2) is 35.3 Å². The van der Waals surface area contributed by atoms with E-state index in [1.807, 2.05) is 33.8 Å². The fourth-order valence-corrected chi connectivity index (χ4v) is 4.79. The Hall–Kier alpha value is -2.39. The van der Waals surface area contributed by atoms with Gasteiger partial charge in [0.15, 0.2) is 23.0 Å². The molecule has 2 N–H and O–H groups in total. The lowest BCUT2D eigenvalue weighted by Crippen LogP contribution is -2.46. The van der Waals surface area contributed by atoms with Crippen LogP contribution in [0.3, 0.4) is 0 Å². The second-order valence-electron chi connectivity index (χ2n) is 9.83. The molecule has 4 heterocycles.